The Morgan fingerprint density at radius 2 is 2.21 bits per heavy atom. The lowest BCUT2D eigenvalue weighted by Crippen LogP contribution is -1.94. The highest BCUT2D eigenvalue weighted by molar-refractivity contribution is 5.61. The number of hydrogen-bond donors (Lipinski definition) is 2. The molecular weight excluding hydrogens is 178 g/mol. The summed E-state index contributed by atoms with van der Waals surface area (Å²) in [6, 6.07) is 0. The fourth-order valence-corrected chi connectivity index (χ4v) is 1.20. The van der Waals surface area contributed by atoms with Gasteiger partial charge in [-0.3, -0.25) is 4.98 Å². The second-order valence-electron chi connectivity index (χ2n) is 3.10. The Hall–Kier alpha value is -1.35. The highest BCUT2D eigenvalue weighted by Gasteiger charge is 2.07. The van der Waals surface area contributed by atoms with Gasteiger partial charge in [0.2, 0.25) is 0 Å². The molecule has 1 aromatic rings. The van der Waals surface area contributed by atoms with Crippen LogP contribution < -0.4 is 0 Å². The summed E-state index contributed by atoms with van der Waals surface area (Å²) in [6.07, 6.45) is 6.24. The number of aromatic nitrogens is 1. The third kappa shape index (κ3) is 2.12. The molecule has 0 unspecified atom stereocenters. The first kappa shape index (κ1) is 10.7. The van der Waals surface area contributed by atoms with Gasteiger partial charge in [-0.15, -0.1) is 0 Å². The minimum Gasteiger partial charge on any atom is -0.505 e. The molecule has 0 fully saturated rings. The zero-order valence-electron chi connectivity index (χ0n) is 8.49. The van der Waals surface area contributed by atoms with Gasteiger partial charge in [0.15, 0.2) is 0 Å². The molecule has 0 amide bonds. The molecule has 0 saturated carbocycles. The Kier molecular flexibility index (Phi) is 3.65. The monoisotopic (exact) mass is 193 g/mol. The molecular formula is C11H15NO2. The fraction of sp³-hybridized carbons (Fsp3) is 0.364. The lowest BCUT2D eigenvalue weighted by molar-refractivity contribution is 0.280. The maximum Gasteiger partial charge on any atom is 0.144 e. The van der Waals surface area contributed by atoms with Gasteiger partial charge < -0.3 is 10.2 Å². The standard InChI is InChI=1S/C11H15NO2/c1-3-4-5-10-9(7-13)6-12-8(2)11(10)14/h4-6,13-14H,3,7H2,1-2H3. The molecule has 1 rings (SSSR count). The number of rotatable bonds is 3. The van der Waals surface area contributed by atoms with Crippen molar-refractivity contribution in [1.29, 1.82) is 0 Å². The molecule has 0 aromatic carbocycles. The Morgan fingerprint density at radius 3 is 2.79 bits per heavy atom. The van der Waals surface area contributed by atoms with E-state index in [-0.39, 0.29) is 12.4 Å². The van der Waals surface area contributed by atoms with Crippen LogP contribution in [0.15, 0.2) is 12.3 Å². The van der Waals surface area contributed by atoms with Gasteiger partial charge in [0.1, 0.15) is 5.75 Å². The minimum absolute atomic E-state index is 0.107. The van der Waals surface area contributed by atoms with E-state index in [4.69, 9.17) is 5.11 Å². The van der Waals surface area contributed by atoms with Crippen LogP contribution in [0.2, 0.25) is 0 Å². The van der Waals surface area contributed by atoms with Crippen LogP contribution in [0.5, 0.6) is 5.75 Å². The number of aryl methyl sites for hydroxylation is 1. The number of aliphatic hydroxyl groups excluding tert-OH is 1. The van der Waals surface area contributed by atoms with Crippen molar-refractivity contribution in [3.8, 4) is 5.75 Å². The molecule has 2 N–H and O–H groups in total. The topological polar surface area (TPSA) is 53.4 Å². The highest BCUT2D eigenvalue weighted by atomic mass is 16.3. The van der Waals surface area contributed by atoms with Gasteiger partial charge in [0, 0.05) is 17.3 Å². The van der Waals surface area contributed by atoms with Gasteiger partial charge >= 0.3 is 0 Å². The van der Waals surface area contributed by atoms with E-state index in [2.05, 4.69) is 4.98 Å². The Morgan fingerprint density at radius 1 is 1.50 bits per heavy atom. The third-order valence-electron chi connectivity index (χ3n) is 2.05. The van der Waals surface area contributed by atoms with E-state index >= 15 is 0 Å². The maximum absolute atomic E-state index is 9.71. The van der Waals surface area contributed by atoms with Crippen molar-refractivity contribution in [1.82, 2.24) is 4.98 Å². The molecule has 0 atom stereocenters. The highest BCUT2D eigenvalue weighted by Crippen LogP contribution is 2.25. The number of aliphatic hydroxyl groups is 1. The van der Waals surface area contributed by atoms with E-state index in [0.717, 1.165) is 6.42 Å². The van der Waals surface area contributed by atoms with Crippen LogP contribution in [0.25, 0.3) is 6.08 Å². The second kappa shape index (κ2) is 4.77. The number of pyridine rings is 1. The first-order valence-corrected chi connectivity index (χ1v) is 4.65. The van der Waals surface area contributed by atoms with E-state index in [1.165, 1.54) is 0 Å². The maximum atomic E-state index is 9.71. The van der Waals surface area contributed by atoms with Crippen LogP contribution in [0.3, 0.4) is 0 Å². The number of aromatic hydroxyl groups is 1. The van der Waals surface area contributed by atoms with Gasteiger partial charge in [0.25, 0.3) is 0 Å². The van der Waals surface area contributed by atoms with Crippen molar-refractivity contribution in [2.75, 3.05) is 0 Å². The molecule has 1 heterocycles. The normalized spacial score (nSPS) is 11.1. The molecule has 0 aliphatic heterocycles. The van der Waals surface area contributed by atoms with E-state index in [0.29, 0.717) is 16.8 Å². The van der Waals surface area contributed by atoms with Crippen LogP contribution >= 0.6 is 0 Å². The molecule has 3 heteroatoms. The number of allylic oxidation sites excluding steroid dienone is 1. The fourth-order valence-electron chi connectivity index (χ4n) is 1.20. The SMILES string of the molecule is CCC=Cc1c(CO)cnc(C)c1O. The lowest BCUT2D eigenvalue weighted by atomic mass is 10.1. The van der Waals surface area contributed by atoms with Crippen molar-refractivity contribution in [3.05, 3.63) is 29.1 Å². The van der Waals surface area contributed by atoms with E-state index in [9.17, 15) is 5.11 Å². The Balaban J connectivity index is 3.21. The largest absolute Gasteiger partial charge is 0.505 e. The Labute approximate surface area is 83.7 Å². The molecule has 76 valence electrons. The molecule has 0 saturated heterocycles. The average Bonchev–Trinajstić information content (AvgIpc) is 2.20. The van der Waals surface area contributed by atoms with Crippen molar-refractivity contribution in [2.24, 2.45) is 0 Å². The molecule has 14 heavy (non-hydrogen) atoms. The summed E-state index contributed by atoms with van der Waals surface area (Å²) in [6.45, 7) is 3.64. The van der Waals surface area contributed by atoms with E-state index in [1.54, 1.807) is 13.1 Å². The van der Waals surface area contributed by atoms with Crippen molar-refractivity contribution in [2.45, 2.75) is 26.9 Å². The van der Waals surface area contributed by atoms with Crippen LogP contribution in [0.1, 0.15) is 30.2 Å². The van der Waals surface area contributed by atoms with Crippen LogP contribution in [0.4, 0.5) is 0 Å². The minimum atomic E-state index is -0.107. The summed E-state index contributed by atoms with van der Waals surface area (Å²) in [5, 5.41) is 18.8. The smallest absolute Gasteiger partial charge is 0.144 e. The summed E-state index contributed by atoms with van der Waals surface area (Å²) in [4.78, 5) is 3.97. The lowest BCUT2D eigenvalue weighted by Gasteiger charge is -2.07. The number of nitrogens with zero attached hydrogens (tertiary/aromatic N) is 1. The molecule has 0 bridgehead atoms. The van der Waals surface area contributed by atoms with E-state index in [1.807, 2.05) is 19.1 Å². The van der Waals surface area contributed by atoms with E-state index < -0.39 is 0 Å². The van der Waals surface area contributed by atoms with Gasteiger partial charge in [-0.05, 0) is 13.3 Å². The summed E-state index contributed by atoms with van der Waals surface area (Å²) >= 11 is 0. The van der Waals surface area contributed by atoms with Gasteiger partial charge in [-0.25, -0.2) is 0 Å². The summed E-state index contributed by atoms with van der Waals surface area (Å²) in [5.74, 6) is 0.154. The molecule has 3 nitrogen and oxygen atoms in total. The summed E-state index contributed by atoms with van der Waals surface area (Å²) in [7, 11) is 0. The van der Waals surface area contributed by atoms with Crippen LogP contribution in [-0.4, -0.2) is 15.2 Å². The van der Waals surface area contributed by atoms with Gasteiger partial charge in [-0.1, -0.05) is 19.1 Å². The summed E-state index contributed by atoms with van der Waals surface area (Å²) < 4.78 is 0. The predicted molar refractivity (Wildman–Crippen MR) is 55.9 cm³/mol. The molecule has 0 radical (unpaired) electrons. The predicted octanol–water partition coefficient (Wildman–Crippen LogP) is 2.01. The molecule has 1 aromatic heterocycles. The zero-order chi connectivity index (χ0) is 10.6. The third-order valence-corrected chi connectivity index (χ3v) is 2.05. The first-order valence-electron chi connectivity index (χ1n) is 4.65. The van der Waals surface area contributed by atoms with Crippen molar-refractivity contribution in [3.63, 3.8) is 0 Å². The summed E-state index contributed by atoms with van der Waals surface area (Å²) in [5.41, 5.74) is 1.90. The number of hydrogen-bond acceptors (Lipinski definition) is 3. The quantitative estimate of drug-likeness (QED) is 0.772. The van der Waals surface area contributed by atoms with Crippen LogP contribution in [-0.2, 0) is 6.61 Å². The molecule has 0 aliphatic carbocycles. The Bertz CT molecular complexity index is 345. The average molecular weight is 193 g/mol. The first-order chi connectivity index (χ1) is 6.70. The van der Waals surface area contributed by atoms with Crippen molar-refractivity contribution < 1.29 is 10.2 Å². The molecule has 0 aliphatic rings. The zero-order valence-corrected chi connectivity index (χ0v) is 8.49. The molecule has 0 spiro atoms. The van der Waals surface area contributed by atoms with Crippen LogP contribution in [0, 0.1) is 6.92 Å². The van der Waals surface area contributed by atoms with Crippen molar-refractivity contribution >= 4 is 6.08 Å². The van der Waals surface area contributed by atoms with Gasteiger partial charge in [0.05, 0.1) is 12.3 Å². The van der Waals surface area contributed by atoms with Gasteiger partial charge in [-0.2, -0.15) is 0 Å². The second-order valence-corrected chi connectivity index (χ2v) is 3.10.